The van der Waals surface area contributed by atoms with Crippen molar-refractivity contribution in [3.63, 3.8) is 0 Å². The van der Waals surface area contributed by atoms with E-state index in [0.29, 0.717) is 18.9 Å². The van der Waals surface area contributed by atoms with Crippen LogP contribution in [-0.4, -0.2) is 52.5 Å². The molecule has 0 radical (unpaired) electrons. The van der Waals surface area contributed by atoms with Crippen molar-refractivity contribution in [1.82, 2.24) is 9.62 Å². The summed E-state index contributed by atoms with van der Waals surface area (Å²) < 4.78 is 37.0. The molecule has 0 saturated heterocycles. The molecule has 0 bridgehead atoms. The SMILES string of the molecule is COCCCNC(=O)COc1ccc(S(=O)(=O)N(C)Cc2ccccc2)cc1. The van der Waals surface area contributed by atoms with Gasteiger partial charge in [-0.25, -0.2) is 8.42 Å². The van der Waals surface area contributed by atoms with E-state index in [1.54, 1.807) is 26.3 Å². The maximum Gasteiger partial charge on any atom is 0.257 e. The average Bonchev–Trinajstić information content (AvgIpc) is 2.70. The number of nitrogens with zero attached hydrogens (tertiary/aromatic N) is 1. The zero-order valence-electron chi connectivity index (χ0n) is 16.1. The first-order chi connectivity index (χ1) is 13.4. The molecule has 0 aliphatic carbocycles. The average molecular weight is 407 g/mol. The summed E-state index contributed by atoms with van der Waals surface area (Å²) in [6.07, 6.45) is 0.727. The first-order valence-corrected chi connectivity index (χ1v) is 10.4. The van der Waals surface area contributed by atoms with E-state index in [2.05, 4.69) is 5.32 Å². The molecule has 2 aromatic rings. The van der Waals surface area contributed by atoms with Crippen molar-refractivity contribution < 1.29 is 22.7 Å². The lowest BCUT2D eigenvalue weighted by molar-refractivity contribution is -0.123. The molecule has 0 spiro atoms. The summed E-state index contributed by atoms with van der Waals surface area (Å²) in [5.41, 5.74) is 0.907. The van der Waals surface area contributed by atoms with Gasteiger partial charge in [0, 0.05) is 33.9 Å². The fraction of sp³-hybridized carbons (Fsp3) is 0.350. The Bertz CT molecular complexity index is 839. The summed E-state index contributed by atoms with van der Waals surface area (Å²) in [7, 11) is -0.468. The highest BCUT2D eigenvalue weighted by molar-refractivity contribution is 7.89. The minimum atomic E-state index is -3.62. The molecule has 0 aliphatic rings. The molecule has 0 atom stereocenters. The van der Waals surface area contributed by atoms with Crippen LogP contribution < -0.4 is 10.1 Å². The van der Waals surface area contributed by atoms with Crippen LogP contribution >= 0.6 is 0 Å². The van der Waals surface area contributed by atoms with E-state index in [0.717, 1.165) is 12.0 Å². The number of ether oxygens (including phenoxy) is 2. The highest BCUT2D eigenvalue weighted by Gasteiger charge is 2.20. The van der Waals surface area contributed by atoms with Gasteiger partial charge >= 0.3 is 0 Å². The number of hydrogen-bond acceptors (Lipinski definition) is 5. The van der Waals surface area contributed by atoms with Gasteiger partial charge in [0.1, 0.15) is 5.75 Å². The maximum atomic E-state index is 12.7. The van der Waals surface area contributed by atoms with E-state index >= 15 is 0 Å². The number of methoxy groups -OCH3 is 1. The van der Waals surface area contributed by atoms with Gasteiger partial charge in [-0.3, -0.25) is 4.79 Å². The number of rotatable bonds is 11. The number of carbonyl (C=O) groups is 1. The minimum Gasteiger partial charge on any atom is -0.484 e. The van der Waals surface area contributed by atoms with Gasteiger partial charge in [-0.05, 0) is 36.2 Å². The highest BCUT2D eigenvalue weighted by Crippen LogP contribution is 2.20. The molecule has 0 heterocycles. The van der Waals surface area contributed by atoms with Crippen LogP contribution in [0, 0.1) is 0 Å². The number of benzene rings is 2. The second-order valence-corrected chi connectivity index (χ2v) is 8.25. The lowest BCUT2D eigenvalue weighted by Gasteiger charge is -2.17. The maximum absolute atomic E-state index is 12.7. The van der Waals surface area contributed by atoms with E-state index in [-0.39, 0.29) is 24.0 Å². The summed E-state index contributed by atoms with van der Waals surface area (Å²) in [5.74, 6) is 0.187. The number of amides is 1. The molecule has 0 saturated carbocycles. The van der Waals surface area contributed by atoms with Crippen LogP contribution in [0.4, 0.5) is 0 Å². The molecule has 7 nitrogen and oxygen atoms in total. The van der Waals surface area contributed by atoms with Crippen LogP contribution in [-0.2, 0) is 26.1 Å². The summed E-state index contributed by atoms with van der Waals surface area (Å²) in [6, 6.07) is 15.4. The van der Waals surface area contributed by atoms with Crippen molar-refractivity contribution in [3.05, 3.63) is 60.2 Å². The summed E-state index contributed by atoms with van der Waals surface area (Å²) in [5, 5.41) is 2.71. The van der Waals surface area contributed by atoms with Crippen LogP contribution in [0.1, 0.15) is 12.0 Å². The van der Waals surface area contributed by atoms with E-state index < -0.39 is 10.0 Å². The van der Waals surface area contributed by atoms with E-state index in [4.69, 9.17) is 9.47 Å². The van der Waals surface area contributed by atoms with Crippen LogP contribution in [0.2, 0.25) is 0 Å². The van der Waals surface area contributed by atoms with Crippen molar-refractivity contribution in [2.75, 3.05) is 33.9 Å². The predicted molar refractivity (Wildman–Crippen MR) is 107 cm³/mol. The number of carbonyl (C=O) groups excluding carboxylic acids is 1. The molecule has 0 aliphatic heterocycles. The van der Waals surface area contributed by atoms with E-state index in [1.165, 1.54) is 16.4 Å². The van der Waals surface area contributed by atoms with E-state index in [9.17, 15) is 13.2 Å². The Morgan fingerprint density at radius 1 is 1.07 bits per heavy atom. The molecule has 28 heavy (non-hydrogen) atoms. The van der Waals surface area contributed by atoms with Crippen LogP contribution in [0.25, 0.3) is 0 Å². The van der Waals surface area contributed by atoms with Gasteiger partial charge in [-0.15, -0.1) is 0 Å². The molecule has 2 aromatic carbocycles. The Hall–Kier alpha value is -2.42. The van der Waals surface area contributed by atoms with Crippen LogP contribution in [0.15, 0.2) is 59.5 Å². The second kappa shape index (κ2) is 10.8. The van der Waals surface area contributed by atoms with Crippen LogP contribution in [0.5, 0.6) is 5.75 Å². The van der Waals surface area contributed by atoms with Crippen molar-refractivity contribution in [2.24, 2.45) is 0 Å². The first kappa shape index (κ1) is 21.9. The van der Waals surface area contributed by atoms with Gasteiger partial charge in [-0.2, -0.15) is 4.31 Å². The minimum absolute atomic E-state index is 0.132. The second-order valence-electron chi connectivity index (χ2n) is 6.20. The molecule has 1 amide bonds. The van der Waals surface area contributed by atoms with Gasteiger partial charge < -0.3 is 14.8 Å². The summed E-state index contributed by atoms with van der Waals surface area (Å²) in [6.45, 7) is 1.24. The zero-order chi connectivity index (χ0) is 20.4. The monoisotopic (exact) mass is 406 g/mol. The molecule has 8 heteroatoms. The Labute approximate surface area is 166 Å². The van der Waals surface area contributed by atoms with Gasteiger partial charge in [0.05, 0.1) is 4.90 Å². The van der Waals surface area contributed by atoms with Crippen molar-refractivity contribution in [1.29, 1.82) is 0 Å². The Morgan fingerprint density at radius 2 is 1.75 bits per heavy atom. The van der Waals surface area contributed by atoms with Gasteiger partial charge in [0.2, 0.25) is 10.0 Å². The first-order valence-electron chi connectivity index (χ1n) is 8.92. The van der Waals surface area contributed by atoms with Crippen molar-refractivity contribution >= 4 is 15.9 Å². The van der Waals surface area contributed by atoms with Gasteiger partial charge in [0.25, 0.3) is 5.91 Å². The molecular weight excluding hydrogens is 380 g/mol. The van der Waals surface area contributed by atoms with Gasteiger partial charge in [0.15, 0.2) is 6.61 Å². The van der Waals surface area contributed by atoms with Crippen LogP contribution in [0.3, 0.4) is 0 Å². The molecule has 0 fully saturated rings. The van der Waals surface area contributed by atoms with Gasteiger partial charge in [-0.1, -0.05) is 30.3 Å². The Morgan fingerprint density at radius 3 is 2.39 bits per heavy atom. The topological polar surface area (TPSA) is 84.9 Å². The normalized spacial score (nSPS) is 11.4. The fourth-order valence-corrected chi connectivity index (χ4v) is 3.62. The molecular formula is C20H26N2O5S. The smallest absolute Gasteiger partial charge is 0.257 e. The summed E-state index contributed by atoms with van der Waals surface area (Å²) >= 11 is 0. The molecule has 152 valence electrons. The largest absolute Gasteiger partial charge is 0.484 e. The highest BCUT2D eigenvalue weighted by atomic mass is 32.2. The summed E-state index contributed by atoms with van der Waals surface area (Å²) in [4.78, 5) is 11.9. The predicted octanol–water partition coefficient (Wildman–Crippen LogP) is 2.04. The molecule has 1 N–H and O–H groups in total. The third-order valence-corrected chi connectivity index (χ3v) is 5.81. The Kier molecular flexibility index (Phi) is 8.43. The Balaban J connectivity index is 1.89. The molecule has 0 unspecified atom stereocenters. The lowest BCUT2D eigenvalue weighted by atomic mass is 10.2. The zero-order valence-corrected chi connectivity index (χ0v) is 16.9. The molecule has 2 rings (SSSR count). The number of nitrogens with one attached hydrogen (secondary N) is 1. The standard InChI is InChI=1S/C20H26N2O5S/c1-22(15-17-7-4-3-5-8-17)28(24,25)19-11-9-18(10-12-19)27-16-20(23)21-13-6-14-26-2/h3-5,7-12H,6,13-16H2,1-2H3,(H,21,23). The quantitative estimate of drug-likeness (QED) is 0.577. The lowest BCUT2D eigenvalue weighted by Crippen LogP contribution is -2.30. The third-order valence-electron chi connectivity index (χ3n) is 4.00. The fourth-order valence-electron chi connectivity index (χ4n) is 2.46. The number of sulfonamides is 1. The third kappa shape index (κ3) is 6.63. The number of hydrogen-bond donors (Lipinski definition) is 1. The van der Waals surface area contributed by atoms with Crippen molar-refractivity contribution in [2.45, 2.75) is 17.9 Å². The van der Waals surface area contributed by atoms with Crippen molar-refractivity contribution in [3.8, 4) is 5.75 Å². The van der Waals surface area contributed by atoms with E-state index in [1.807, 2.05) is 30.3 Å². The molecule has 0 aromatic heterocycles.